The van der Waals surface area contributed by atoms with E-state index < -0.39 is 12.1 Å². The number of ketones is 1. The Bertz CT molecular complexity index is 900. The van der Waals surface area contributed by atoms with E-state index in [1.807, 2.05) is 19.1 Å². The Kier molecular flexibility index (Phi) is 7.25. The molecule has 0 saturated heterocycles. The van der Waals surface area contributed by atoms with Crippen LogP contribution < -0.4 is 10.6 Å². The summed E-state index contributed by atoms with van der Waals surface area (Å²) < 4.78 is 5.32. The van der Waals surface area contributed by atoms with Gasteiger partial charge in [-0.2, -0.15) is 0 Å². The fourth-order valence-corrected chi connectivity index (χ4v) is 2.72. The van der Waals surface area contributed by atoms with Crippen molar-refractivity contribution < 1.29 is 23.9 Å². The maximum Gasteiger partial charge on any atom is 0.338 e. The number of amides is 2. The number of benzene rings is 2. The molecule has 2 aromatic rings. The lowest BCUT2D eigenvalue weighted by Gasteiger charge is -2.14. The predicted molar refractivity (Wildman–Crippen MR) is 110 cm³/mol. The first-order valence-corrected chi connectivity index (χ1v) is 9.24. The van der Waals surface area contributed by atoms with Crippen LogP contribution in [0.15, 0.2) is 42.5 Å². The van der Waals surface area contributed by atoms with E-state index in [0.717, 1.165) is 12.0 Å². The lowest BCUT2D eigenvalue weighted by Crippen LogP contribution is -2.24. The highest BCUT2D eigenvalue weighted by Crippen LogP contribution is 2.21. The minimum atomic E-state index is -0.997. The zero-order valence-corrected chi connectivity index (χ0v) is 16.9. The van der Waals surface area contributed by atoms with Crippen molar-refractivity contribution in [3.05, 3.63) is 59.2 Å². The van der Waals surface area contributed by atoms with Gasteiger partial charge in [0, 0.05) is 30.8 Å². The Hall–Kier alpha value is -3.48. The standard InChI is InChI=1S/C22H24N2O5/c1-5-16-6-8-17(9-7-16)21(27)13(2)29-22(28)18-10-19(23-14(3)25)12-20(11-18)24-15(4)26/h6-13H,5H2,1-4H3,(H,23,25)(H,24,26). The summed E-state index contributed by atoms with van der Waals surface area (Å²) in [4.78, 5) is 47.8. The third kappa shape index (κ3) is 6.27. The summed E-state index contributed by atoms with van der Waals surface area (Å²) in [5.41, 5.74) is 2.30. The minimum absolute atomic E-state index is 0.0981. The first kappa shape index (κ1) is 21.8. The number of hydrogen-bond acceptors (Lipinski definition) is 5. The van der Waals surface area contributed by atoms with Crippen LogP contribution in [-0.4, -0.2) is 29.7 Å². The quantitative estimate of drug-likeness (QED) is 0.550. The molecule has 2 N–H and O–H groups in total. The number of hydrogen-bond donors (Lipinski definition) is 2. The van der Waals surface area contributed by atoms with E-state index in [0.29, 0.717) is 16.9 Å². The largest absolute Gasteiger partial charge is 0.451 e. The van der Waals surface area contributed by atoms with Crippen LogP contribution >= 0.6 is 0 Å². The number of carbonyl (C=O) groups excluding carboxylic acids is 4. The summed E-state index contributed by atoms with van der Waals surface area (Å²) in [5.74, 6) is -1.72. The molecule has 0 bridgehead atoms. The Balaban J connectivity index is 2.19. The number of rotatable bonds is 7. The molecule has 2 aromatic carbocycles. The third-order valence-electron chi connectivity index (χ3n) is 4.11. The molecule has 0 saturated carbocycles. The number of anilines is 2. The van der Waals surface area contributed by atoms with Gasteiger partial charge in [-0.15, -0.1) is 0 Å². The number of ether oxygens (including phenoxy) is 1. The summed E-state index contributed by atoms with van der Waals surface area (Å²) >= 11 is 0. The highest BCUT2D eigenvalue weighted by molar-refractivity contribution is 6.02. The van der Waals surface area contributed by atoms with Crippen molar-refractivity contribution in [3.63, 3.8) is 0 Å². The van der Waals surface area contributed by atoms with Gasteiger partial charge in [0.1, 0.15) is 0 Å². The van der Waals surface area contributed by atoms with Crippen LogP contribution in [0.25, 0.3) is 0 Å². The van der Waals surface area contributed by atoms with Gasteiger partial charge in [0.2, 0.25) is 17.6 Å². The summed E-state index contributed by atoms with van der Waals surface area (Å²) in [7, 11) is 0. The molecular weight excluding hydrogens is 372 g/mol. The van der Waals surface area contributed by atoms with Gasteiger partial charge in [-0.3, -0.25) is 14.4 Å². The normalized spacial score (nSPS) is 11.3. The summed E-state index contributed by atoms with van der Waals surface area (Å²) in [6.07, 6.45) is -0.135. The van der Waals surface area contributed by atoms with Crippen molar-refractivity contribution >= 4 is 34.9 Å². The van der Waals surface area contributed by atoms with Crippen LogP contribution in [0, 0.1) is 0 Å². The maximum atomic E-state index is 12.6. The first-order valence-electron chi connectivity index (χ1n) is 9.24. The second-order valence-electron chi connectivity index (χ2n) is 6.62. The Morgan fingerprint density at radius 1 is 0.862 bits per heavy atom. The fourth-order valence-electron chi connectivity index (χ4n) is 2.72. The van der Waals surface area contributed by atoms with Gasteiger partial charge in [-0.1, -0.05) is 31.2 Å². The van der Waals surface area contributed by atoms with E-state index in [4.69, 9.17) is 4.74 Å². The van der Waals surface area contributed by atoms with E-state index in [9.17, 15) is 19.2 Å². The van der Waals surface area contributed by atoms with Crippen molar-refractivity contribution in [3.8, 4) is 0 Å². The molecule has 1 atom stereocenters. The van der Waals surface area contributed by atoms with Gasteiger partial charge < -0.3 is 15.4 Å². The highest BCUT2D eigenvalue weighted by atomic mass is 16.5. The Morgan fingerprint density at radius 2 is 1.38 bits per heavy atom. The second-order valence-corrected chi connectivity index (χ2v) is 6.62. The number of esters is 1. The minimum Gasteiger partial charge on any atom is -0.451 e. The molecule has 152 valence electrons. The van der Waals surface area contributed by atoms with Crippen molar-refractivity contribution in [1.82, 2.24) is 0 Å². The SMILES string of the molecule is CCc1ccc(C(=O)C(C)OC(=O)c2cc(NC(C)=O)cc(NC(C)=O)c2)cc1. The maximum absolute atomic E-state index is 12.6. The van der Waals surface area contributed by atoms with E-state index >= 15 is 0 Å². The van der Waals surface area contributed by atoms with Gasteiger partial charge >= 0.3 is 5.97 Å². The first-order chi connectivity index (χ1) is 13.7. The van der Waals surface area contributed by atoms with Crippen LogP contribution in [-0.2, 0) is 20.7 Å². The lowest BCUT2D eigenvalue weighted by atomic mass is 10.0. The molecule has 0 fully saturated rings. The molecule has 1 unspecified atom stereocenters. The molecule has 0 aliphatic carbocycles. The van der Waals surface area contributed by atoms with E-state index in [2.05, 4.69) is 10.6 Å². The van der Waals surface area contributed by atoms with Gasteiger partial charge in [-0.25, -0.2) is 4.79 Å². The number of aryl methyl sites for hydroxylation is 1. The molecule has 29 heavy (non-hydrogen) atoms. The van der Waals surface area contributed by atoms with Crippen molar-refractivity contribution in [2.24, 2.45) is 0 Å². The topological polar surface area (TPSA) is 102 Å². The molecule has 7 heteroatoms. The van der Waals surface area contributed by atoms with Crippen molar-refractivity contribution in [1.29, 1.82) is 0 Å². The average molecular weight is 396 g/mol. The van der Waals surface area contributed by atoms with Gasteiger partial charge in [0.15, 0.2) is 6.10 Å². The smallest absolute Gasteiger partial charge is 0.338 e. The van der Waals surface area contributed by atoms with Crippen molar-refractivity contribution in [2.45, 2.75) is 40.2 Å². The van der Waals surface area contributed by atoms with Crippen LogP contribution in [0.5, 0.6) is 0 Å². The molecule has 0 aliphatic heterocycles. The highest BCUT2D eigenvalue weighted by Gasteiger charge is 2.21. The lowest BCUT2D eigenvalue weighted by molar-refractivity contribution is -0.115. The molecule has 0 aliphatic rings. The molecule has 0 spiro atoms. The molecule has 0 heterocycles. The second kappa shape index (κ2) is 9.64. The number of carbonyl (C=O) groups is 4. The summed E-state index contributed by atoms with van der Waals surface area (Å²) in [6, 6.07) is 11.5. The molecule has 2 rings (SSSR count). The monoisotopic (exact) mass is 396 g/mol. The number of Topliss-reactive ketones (excluding diaryl/α,β-unsaturated/α-hetero) is 1. The average Bonchev–Trinajstić information content (AvgIpc) is 2.66. The van der Waals surface area contributed by atoms with Crippen molar-refractivity contribution in [2.75, 3.05) is 10.6 Å². The van der Waals surface area contributed by atoms with Gasteiger partial charge in [0.05, 0.1) is 5.56 Å². The molecule has 0 radical (unpaired) electrons. The van der Waals surface area contributed by atoms with E-state index in [1.54, 1.807) is 12.1 Å². The van der Waals surface area contributed by atoms with E-state index in [-0.39, 0.29) is 23.2 Å². The summed E-state index contributed by atoms with van der Waals surface area (Å²) in [5, 5.41) is 5.12. The Morgan fingerprint density at radius 3 is 1.83 bits per heavy atom. The van der Waals surface area contributed by atoms with Crippen LogP contribution in [0.4, 0.5) is 11.4 Å². The Labute approximate surface area is 169 Å². The fraction of sp³-hybridized carbons (Fsp3) is 0.273. The molecule has 2 amide bonds. The molecule has 0 aromatic heterocycles. The third-order valence-corrected chi connectivity index (χ3v) is 4.11. The van der Waals surface area contributed by atoms with Crippen LogP contribution in [0.1, 0.15) is 54.0 Å². The molecule has 7 nitrogen and oxygen atoms in total. The van der Waals surface area contributed by atoms with Crippen LogP contribution in [0.2, 0.25) is 0 Å². The zero-order chi connectivity index (χ0) is 21.6. The summed E-state index contributed by atoms with van der Waals surface area (Å²) in [6.45, 7) is 6.17. The van der Waals surface area contributed by atoms with Gasteiger partial charge in [-0.05, 0) is 37.1 Å². The predicted octanol–water partition coefficient (Wildman–Crippen LogP) is 3.59. The van der Waals surface area contributed by atoms with E-state index in [1.165, 1.54) is 39.0 Å². The van der Waals surface area contributed by atoms with Crippen LogP contribution in [0.3, 0.4) is 0 Å². The molecular formula is C22H24N2O5. The number of nitrogens with one attached hydrogen (secondary N) is 2. The van der Waals surface area contributed by atoms with Gasteiger partial charge in [0.25, 0.3) is 0 Å². The zero-order valence-electron chi connectivity index (χ0n) is 16.9.